The number of benzene rings is 2. The van der Waals surface area contributed by atoms with Crippen molar-refractivity contribution in [1.29, 1.82) is 0 Å². The van der Waals surface area contributed by atoms with Crippen LogP contribution in [0.15, 0.2) is 41.8 Å². The summed E-state index contributed by atoms with van der Waals surface area (Å²) in [4.78, 5) is 45.7. The van der Waals surface area contributed by atoms with Crippen LogP contribution in [-0.4, -0.2) is 28.8 Å². The number of esters is 1. The summed E-state index contributed by atoms with van der Waals surface area (Å²) >= 11 is 12.6. The summed E-state index contributed by atoms with van der Waals surface area (Å²) in [5.74, 6) is -1.65. The lowest BCUT2D eigenvalue weighted by atomic mass is 10.0. The Bertz CT molecular complexity index is 1220. The van der Waals surface area contributed by atoms with Gasteiger partial charge in [-0.3, -0.25) is 25.0 Å². The number of rotatable bonds is 6. The molecule has 3 aromatic rings. The number of hydrogen-bond donors (Lipinski definition) is 1. The van der Waals surface area contributed by atoms with Gasteiger partial charge in [0.2, 0.25) is 0 Å². The van der Waals surface area contributed by atoms with Gasteiger partial charge in [0, 0.05) is 28.1 Å². The van der Waals surface area contributed by atoms with Crippen LogP contribution in [0.4, 0.5) is 16.4 Å². The molecule has 0 saturated heterocycles. The summed E-state index contributed by atoms with van der Waals surface area (Å²) in [6, 6.07) is 8.23. The fourth-order valence-corrected chi connectivity index (χ4v) is 4.09. The molecule has 0 fully saturated rings. The first-order valence-electron chi connectivity index (χ1n) is 8.53. The first-order chi connectivity index (χ1) is 15.1. The number of carbonyl (C=O) groups excluding carboxylic acids is 2. The Morgan fingerprint density at radius 2 is 1.59 bits per heavy atom. The van der Waals surface area contributed by atoms with Crippen LogP contribution in [0.25, 0.3) is 11.1 Å². The van der Waals surface area contributed by atoms with Crippen molar-refractivity contribution in [2.45, 2.75) is 0 Å². The third-order valence-electron chi connectivity index (χ3n) is 4.25. The number of nitro benzene ring substituents is 2. The number of anilines is 1. The van der Waals surface area contributed by atoms with Crippen molar-refractivity contribution in [3.63, 3.8) is 0 Å². The quantitative estimate of drug-likeness (QED) is 0.267. The number of methoxy groups -OCH3 is 1. The van der Waals surface area contributed by atoms with Crippen LogP contribution in [0.3, 0.4) is 0 Å². The Balaban J connectivity index is 2.05. The highest BCUT2D eigenvalue weighted by atomic mass is 35.5. The van der Waals surface area contributed by atoms with Crippen LogP contribution in [0.2, 0.25) is 10.0 Å². The van der Waals surface area contributed by atoms with Gasteiger partial charge >= 0.3 is 5.97 Å². The maximum atomic E-state index is 12.8. The summed E-state index contributed by atoms with van der Waals surface area (Å²) in [5, 5.41) is 26.3. The van der Waals surface area contributed by atoms with Crippen molar-refractivity contribution in [2.75, 3.05) is 12.4 Å². The average Bonchev–Trinajstić information content (AvgIpc) is 3.16. The van der Waals surface area contributed by atoms with Gasteiger partial charge in [0.1, 0.15) is 10.6 Å². The highest BCUT2D eigenvalue weighted by Gasteiger charge is 2.28. The summed E-state index contributed by atoms with van der Waals surface area (Å²) in [6.07, 6.45) is 0. The molecule has 0 unspecified atom stereocenters. The van der Waals surface area contributed by atoms with Crippen molar-refractivity contribution in [3.8, 4) is 11.1 Å². The van der Waals surface area contributed by atoms with Gasteiger partial charge < -0.3 is 10.1 Å². The molecule has 2 aromatic carbocycles. The average molecular weight is 496 g/mol. The van der Waals surface area contributed by atoms with Crippen LogP contribution in [0, 0.1) is 20.2 Å². The van der Waals surface area contributed by atoms with Gasteiger partial charge in [0.05, 0.1) is 22.5 Å². The molecule has 32 heavy (non-hydrogen) atoms. The van der Waals surface area contributed by atoms with Crippen molar-refractivity contribution < 1.29 is 24.2 Å². The Kier molecular flexibility index (Phi) is 6.72. The van der Waals surface area contributed by atoms with Gasteiger partial charge in [-0.2, -0.15) is 0 Å². The smallest absolute Gasteiger partial charge is 0.341 e. The van der Waals surface area contributed by atoms with E-state index in [0.29, 0.717) is 16.1 Å². The second kappa shape index (κ2) is 9.30. The number of hydrogen-bond acceptors (Lipinski definition) is 8. The minimum Gasteiger partial charge on any atom is -0.465 e. The highest BCUT2D eigenvalue weighted by molar-refractivity contribution is 7.15. The van der Waals surface area contributed by atoms with E-state index in [2.05, 4.69) is 5.32 Å². The summed E-state index contributed by atoms with van der Waals surface area (Å²) < 4.78 is 4.82. The monoisotopic (exact) mass is 495 g/mol. The Morgan fingerprint density at radius 1 is 1.03 bits per heavy atom. The number of thiophene rings is 1. The van der Waals surface area contributed by atoms with E-state index in [1.807, 2.05) is 0 Å². The normalized spacial score (nSPS) is 10.5. The zero-order valence-corrected chi connectivity index (χ0v) is 18.3. The standard InChI is InChI=1S/C19H11Cl2N3O7S/c1-31-19(26)15-12(9-2-4-11(20)5-3-9)8-32-18(15)22-17(25)10-6-13(23(27)28)16(21)14(7-10)24(29)30/h2-8H,1H3,(H,22,25). The van der Waals surface area contributed by atoms with E-state index in [-0.39, 0.29) is 16.1 Å². The SMILES string of the molecule is COC(=O)c1c(-c2ccc(Cl)cc2)csc1NC(=O)c1cc([N+](=O)[O-])c(Cl)c([N+](=O)[O-])c1. The molecule has 3 rings (SSSR count). The van der Waals surface area contributed by atoms with E-state index in [9.17, 15) is 29.8 Å². The largest absolute Gasteiger partial charge is 0.465 e. The highest BCUT2D eigenvalue weighted by Crippen LogP contribution is 2.38. The third kappa shape index (κ3) is 4.54. The number of nitro groups is 2. The van der Waals surface area contributed by atoms with Crippen LogP contribution in [-0.2, 0) is 4.74 Å². The Labute approximate surface area is 193 Å². The molecule has 0 aliphatic rings. The molecule has 0 aliphatic heterocycles. The maximum absolute atomic E-state index is 12.8. The Morgan fingerprint density at radius 3 is 2.09 bits per heavy atom. The molecular formula is C19H11Cl2N3O7S. The fourth-order valence-electron chi connectivity index (χ4n) is 2.76. The van der Waals surface area contributed by atoms with Gasteiger partial charge in [-0.1, -0.05) is 35.3 Å². The van der Waals surface area contributed by atoms with E-state index in [4.69, 9.17) is 27.9 Å². The lowest BCUT2D eigenvalue weighted by Crippen LogP contribution is -2.15. The van der Waals surface area contributed by atoms with Gasteiger partial charge in [-0.15, -0.1) is 11.3 Å². The number of carbonyl (C=O) groups is 2. The molecule has 0 radical (unpaired) electrons. The van der Waals surface area contributed by atoms with Crippen LogP contribution < -0.4 is 5.32 Å². The first-order valence-corrected chi connectivity index (χ1v) is 10.2. The zero-order valence-electron chi connectivity index (χ0n) is 16.0. The summed E-state index contributed by atoms with van der Waals surface area (Å²) in [6.45, 7) is 0. The topological polar surface area (TPSA) is 142 Å². The first kappa shape index (κ1) is 23.1. The third-order valence-corrected chi connectivity index (χ3v) is 5.79. The molecule has 1 aromatic heterocycles. The Hall–Kier alpha value is -3.54. The lowest BCUT2D eigenvalue weighted by molar-refractivity contribution is -0.393. The number of amides is 1. The summed E-state index contributed by atoms with van der Waals surface area (Å²) in [7, 11) is 1.17. The molecule has 0 spiro atoms. The van der Waals surface area contributed by atoms with E-state index in [1.54, 1.807) is 29.6 Å². The molecule has 0 aliphatic carbocycles. The molecular weight excluding hydrogens is 485 g/mol. The lowest BCUT2D eigenvalue weighted by Gasteiger charge is -2.08. The number of nitrogens with zero attached hydrogens (tertiary/aromatic N) is 2. The van der Waals surface area contributed by atoms with Crippen molar-refractivity contribution in [1.82, 2.24) is 0 Å². The minimum atomic E-state index is -0.935. The number of ether oxygens (including phenoxy) is 1. The molecule has 1 amide bonds. The van der Waals surface area contributed by atoms with Crippen LogP contribution >= 0.6 is 34.5 Å². The molecule has 0 bridgehead atoms. The van der Waals surface area contributed by atoms with E-state index < -0.39 is 38.1 Å². The van der Waals surface area contributed by atoms with E-state index >= 15 is 0 Å². The maximum Gasteiger partial charge on any atom is 0.341 e. The van der Waals surface area contributed by atoms with Crippen molar-refractivity contribution in [3.05, 3.63) is 83.2 Å². The van der Waals surface area contributed by atoms with Crippen molar-refractivity contribution >= 4 is 62.8 Å². The number of halogens is 2. The molecule has 13 heteroatoms. The fraction of sp³-hybridized carbons (Fsp3) is 0.0526. The molecule has 1 heterocycles. The predicted octanol–water partition coefficient (Wildman–Crippen LogP) is 5.58. The van der Waals surface area contributed by atoms with Gasteiger partial charge in [0.15, 0.2) is 5.02 Å². The second-order valence-corrected chi connectivity index (χ2v) is 7.84. The van der Waals surface area contributed by atoms with Gasteiger partial charge in [-0.25, -0.2) is 4.79 Å². The summed E-state index contributed by atoms with van der Waals surface area (Å²) in [5.41, 5.74) is -0.845. The molecule has 0 saturated carbocycles. The van der Waals surface area contributed by atoms with E-state index in [0.717, 1.165) is 23.5 Å². The second-order valence-electron chi connectivity index (χ2n) is 6.15. The molecule has 1 N–H and O–H groups in total. The molecule has 0 atom stereocenters. The van der Waals surface area contributed by atoms with Gasteiger partial charge in [-0.05, 0) is 17.7 Å². The minimum absolute atomic E-state index is 0.0473. The van der Waals surface area contributed by atoms with Crippen LogP contribution in [0.5, 0.6) is 0 Å². The molecule has 164 valence electrons. The zero-order chi connectivity index (χ0) is 23.6. The predicted molar refractivity (Wildman–Crippen MR) is 119 cm³/mol. The molecule has 10 nitrogen and oxygen atoms in total. The number of nitrogens with one attached hydrogen (secondary N) is 1. The van der Waals surface area contributed by atoms with Crippen LogP contribution in [0.1, 0.15) is 20.7 Å². The van der Waals surface area contributed by atoms with E-state index in [1.165, 1.54) is 7.11 Å². The van der Waals surface area contributed by atoms with Gasteiger partial charge in [0.25, 0.3) is 17.3 Å². The van der Waals surface area contributed by atoms with Crippen molar-refractivity contribution in [2.24, 2.45) is 0 Å².